The van der Waals surface area contributed by atoms with Crippen LogP contribution in [0.4, 0.5) is 5.69 Å². The number of para-hydroxylation sites is 3. The number of carbonyl (C=O) groups is 2. The Morgan fingerprint density at radius 1 is 0.964 bits per heavy atom. The number of nitrogens with zero attached hydrogens (tertiary/aromatic N) is 1. The summed E-state index contributed by atoms with van der Waals surface area (Å²) in [7, 11) is 0. The van der Waals surface area contributed by atoms with Gasteiger partial charge in [-0.15, -0.1) is 0 Å². The quantitative estimate of drug-likeness (QED) is 0.633. The summed E-state index contributed by atoms with van der Waals surface area (Å²) in [5, 5.41) is 2.94. The van der Waals surface area contributed by atoms with Gasteiger partial charge in [0, 0.05) is 13.1 Å². The minimum atomic E-state index is -0.926. The molecule has 5 heteroatoms. The highest BCUT2D eigenvalue weighted by Gasteiger charge is 2.57. The molecule has 5 nitrogen and oxygen atoms in total. The zero-order valence-electron chi connectivity index (χ0n) is 16.6. The van der Waals surface area contributed by atoms with Crippen molar-refractivity contribution in [1.82, 2.24) is 4.90 Å². The second-order valence-electron chi connectivity index (χ2n) is 7.24. The smallest absolute Gasteiger partial charge is 0.240 e. The monoisotopic (exact) mass is 380 g/mol. The van der Waals surface area contributed by atoms with Crippen LogP contribution >= 0.6 is 0 Å². The summed E-state index contributed by atoms with van der Waals surface area (Å²) in [5.74, 6) is 0.969. The summed E-state index contributed by atoms with van der Waals surface area (Å²) >= 11 is 0. The molecule has 2 aromatic carbocycles. The van der Waals surface area contributed by atoms with Gasteiger partial charge in [0.2, 0.25) is 11.8 Å². The van der Waals surface area contributed by atoms with Crippen molar-refractivity contribution >= 4 is 17.5 Å². The van der Waals surface area contributed by atoms with Crippen LogP contribution in [0.15, 0.2) is 54.6 Å². The number of hydrogen-bond donors (Lipinski definition) is 1. The van der Waals surface area contributed by atoms with Crippen LogP contribution in [0.3, 0.4) is 0 Å². The van der Waals surface area contributed by atoms with Gasteiger partial charge in [-0.2, -0.15) is 0 Å². The Balaban J connectivity index is 1.75. The van der Waals surface area contributed by atoms with Gasteiger partial charge in [-0.1, -0.05) is 44.2 Å². The summed E-state index contributed by atoms with van der Waals surface area (Å²) in [5.41, 5.74) is -0.350. The average molecular weight is 380 g/mol. The van der Waals surface area contributed by atoms with Gasteiger partial charge in [0.25, 0.3) is 0 Å². The SMILES string of the molecule is CCCN(CCC)C(=O)C1(C(=O)Nc2ccccc2Oc2ccccc2)CC1. The number of carbonyl (C=O) groups excluding carboxylic acids is 2. The first-order valence-electron chi connectivity index (χ1n) is 10.0. The Morgan fingerprint density at radius 3 is 2.18 bits per heavy atom. The lowest BCUT2D eigenvalue weighted by Gasteiger charge is -2.26. The van der Waals surface area contributed by atoms with Crippen molar-refractivity contribution < 1.29 is 14.3 Å². The predicted octanol–water partition coefficient (Wildman–Crippen LogP) is 4.85. The summed E-state index contributed by atoms with van der Waals surface area (Å²) < 4.78 is 5.92. The van der Waals surface area contributed by atoms with Crippen LogP contribution in [0.1, 0.15) is 39.5 Å². The summed E-state index contributed by atoms with van der Waals surface area (Å²) in [6, 6.07) is 16.7. The molecule has 0 atom stereocenters. The molecule has 3 rings (SSSR count). The van der Waals surface area contributed by atoms with Gasteiger partial charge >= 0.3 is 0 Å². The average Bonchev–Trinajstić information content (AvgIpc) is 3.52. The molecule has 1 N–H and O–H groups in total. The highest BCUT2D eigenvalue weighted by atomic mass is 16.5. The summed E-state index contributed by atoms with van der Waals surface area (Å²) in [6.45, 7) is 5.48. The largest absolute Gasteiger partial charge is 0.455 e. The fourth-order valence-electron chi connectivity index (χ4n) is 3.34. The summed E-state index contributed by atoms with van der Waals surface area (Å²) in [6.07, 6.45) is 2.97. The molecule has 1 aliphatic rings. The van der Waals surface area contributed by atoms with Gasteiger partial charge in [0.1, 0.15) is 11.2 Å². The highest BCUT2D eigenvalue weighted by Crippen LogP contribution is 2.48. The van der Waals surface area contributed by atoms with Gasteiger partial charge in [-0.05, 0) is 49.9 Å². The van der Waals surface area contributed by atoms with E-state index in [-0.39, 0.29) is 11.8 Å². The number of nitrogens with one attached hydrogen (secondary N) is 1. The molecule has 1 aliphatic carbocycles. The van der Waals surface area contributed by atoms with E-state index in [0.717, 1.165) is 12.8 Å². The van der Waals surface area contributed by atoms with E-state index in [1.54, 1.807) is 6.07 Å². The molecule has 0 radical (unpaired) electrons. The molecule has 0 heterocycles. The molecule has 148 valence electrons. The second kappa shape index (κ2) is 8.91. The van der Waals surface area contributed by atoms with Crippen molar-refractivity contribution in [3.05, 3.63) is 54.6 Å². The molecule has 0 aromatic heterocycles. The van der Waals surface area contributed by atoms with Crippen LogP contribution in [0.5, 0.6) is 11.5 Å². The normalized spacial score (nSPS) is 14.2. The lowest BCUT2D eigenvalue weighted by molar-refractivity contribution is -0.142. The van der Waals surface area contributed by atoms with E-state index in [0.29, 0.717) is 43.1 Å². The number of rotatable bonds is 9. The van der Waals surface area contributed by atoms with Crippen molar-refractivity contribution in [2.45, 2.75) is 39.5 Å². The van der Waals surface area contributed by atoms with Gasteiger partial charge in [0.15, 0.2) is 5.75 Å². The topological polar surface area (TPSA) is 58.6 Å². The Labute approximate surface area is 166 Å². The van der Waals surface area contributed by atoms with Gasteiger partial charge in [-0.3, -0.25) is 9.59 Å². The first kappa shape index (κ1) is 19.9. The lowest BCUT2D eigenvalue weighted by Crippen LogP contribution is -2.43. The lowest BCUT2D eigenvalue weighted by atomic mass is 10.0. The van der Waals surface area contributed by atoms with Crippen molar-refractivity contribution in [1.29, 1.82) is 0 Å². The molecular formula is C23H28N2O3. The van der Waals surface area contributed by atoms with E-state index >= 15 is 0 Å². The maximum atomic E-state index is 13.0. The minimum absolute atomic E-state index is 0.0461. The predicted molar refractivity (Wildman–Crippen MR) is 110 cm³/mol. The first-order chi connectivity index (χ1) is 13.6. The van der Waals surface area contributed by atoms with Crippen LogP contribution in [-0.2, 0) is 9.59 Å². The molecule has 28 heavy (non-hydrogen) atoms. The Kier molecular flexibility index (Phi) is 6.34. The number of hydrogen-bond acceptors (Lipinski definition) is 3. The third kappa shape index (κ3) is 4.35. The maximum absolute atomic E-state index is 13.0. The highest BCUT2D eigenvalue weighted by molar-refractivity contribution is 6.13. The number of benzene rings is 2. The van der Waals surface area contributed by atoms with Crippen molar-refractivity contribution in [2.75, 3.05) is 18.4 Å². The maximum Gasteiger partial charge on any atom is 0.240 e. The van der Waals surface area contributed by atoms with Crippen LogP contribution in [0.25, 0.3) is 0 Å². The third-order valence-electron chi connectivity index (χ3n) is 4.97. The zero-order chi connectivity index (χ0) is 20.0. The molecule has 2 aromatic rings. The second-order valence-corrected chi connectivity index (χ2v) is 7.24. The van der Waals surface area contributed by atoms with Crippen molar-refractivity contribution in [3.63, 3.8) is 0 Å². The minimum Gasteiger partial charge on any atom is -0.455 e. The van der Waals surface area contributed by atoms with E-state index < -0.39 is 5.41 Å². The van der Waals surface area contributed by atoms with E-state index in [9.17, 15) is 9.59 Å². The van der Waals surface area contributed by atoms with E-state index in [1.807, 2.05) is 67.3 Å². The molecule has 1 fully saturated rings. The van der Waals surface area contributed by atoms with Gasteiger partial charge in [-0.25, -0.2) is 0 Å². The molecule has 0 spiro atoms. The van der Waals surface area contributed by atoms with Crippen LogP contribution in [-0.4, -0.2) is 29.8 Å². The molecule has 0 unspecified atom stereocenters. The van der Waals surface area contributed by atoms with E-state index in [2.05, 4.69) is 5.32 Å². The molecule has 0 aliphatic heterocycles. The number of anilines is 1. The first-order valence-corrected chi connectivity index (χ1v) is 10.0. The number of ether oxygens (including phenoxy) is 1. The molecule has 0 bridgehead atoms. The molecule has 0 saturated heterocycles. The standard InChI is InChI=1S/C23H28N2O3/c1-3-16-25(17-4-2)22(27)23(14-15-23)21(26)24-19-12-8-9-13-20(19)28-18-10-6-5-7-11-18/h5-13H,3-4,14-17H2,1-2H3,(H,24,26). The zero-order valence-corrected chi connectivity index (χ0v) is 16.6. The van der Waals surface area contributed by atoms with Crippen LogP contribution < -0.4 is 10.1 Å². The van der Waals surface area contributed by atoms with Crippen molar-refractivity contribution in [2.24, 2.45) is 5.41 Å². The van der Waals surface area contributed by atoms with Crippen molar-refractivity contribution in [3.8, 4) is 11.5 Å². The Morgan fingerprint density at radius 2 is 1.57 bits per heavy atom. The third-order valence-corrected chi connectivity index (χ3v) is 4.97. The van der Waals surface area contributed by atoms with Gasteiger partial charge < -0.3 is 15.0 Å². The number of amides is 2. The molecular weight excluding hydrogens is 352 g/mol. The van der Waals surface area contributed by atoms with E-state index in [1.165, 1.54) is 0 Å². The van der Waals surface area contributed by atoms with Gasteiger partial charge in [0.05, 0.1) is 5.69 Å². The summed E-state index contributed by atoms with van der Waals surface area (Å²) in [4.78, 5) is 27.9. The van der Waals surface area contributed by atoms with Crippen LogP contribution in [0, 0.1) is 5.41 Å². The van der Waals surface area contributed by atoms with E-state index in [4.69, 9.17) is 4.74 Å². The molecule has 1 saturated carbocycles. The Bertz CT molecular complexity index is 810. The molecule has 2 amide bonds. The fraction of sp³-hybridized carbons (Fsp3) is 0.391. The fourth-order valence-corrected chi connectivity index (χ4v) is 3.34. The Hall–Kier alpha value is -2.82. The van der Waals surface area contributed by atoms with Crippen LogP contribution in [0.2, 0.25) is 0 Å².